The minimum absolute atomic E-state index is 0.253. The molecule has 0 fully saturated rings. The summed E-state index contributed by atoms with van der Waals surface area (Å²) in [5.74, 6) is 1.08. The van der Waals surface area contributed by atoms with Crippen LogP contribution < -0.4 is 14.8 Å². The highest BCUT2D eigenvalue weighted by Gasteiger charge is 2.32. The Hall–Kier alpha value is -4.13. The van der Waals surface area contributed by atoms with E-state index in [0.717, 1.165) is 16.7 Å². The van der Waals surface area contributed by atoms with Crippen molar-refractivity contribution >= 4 is 17.4 Å². The number of benzene rings is 3. The van der Waals surface area contributed by atoms with Crippen molar-refractivity contribution in [3.63, 3.8) is 0 Å². The van der Waals surface area contributed by atoms with Crippen LogP contribution >= 0.6 is 0 Å². The zero-order valence-electron chi connectivity index (χ0n) is 17.6. The molecule has 1 aliphatic carbocycles. The zero-order chi connectivity index (χ0) is 22.2. The predicted octanol–water partition coefficient (Wildman–Crippen LogP) is 5.04. The van der Waals surface area contributed by atoms with Gasteiger partial charge in [-0.15, -0.1) is 5.10 Å². The molecule has 1 N–H and O–H groups in total. The molecule has 1 heterocycles. The number of aromatic nitrogens is 2. The average Bonchev–Trinajstić information content (AvgIpc) is 3.35. The molecule has 32 heavy (non-hydrogen) atoms. The first-order valence-electron chi connectivity index (χ1n) is 10.1. The molecule has 6 nitrogen and oxygen atoms in total. The van der Waals surface area contributed by atoms with Crippen molar-refractivity contribution in [2.45, 2.75) is 6.42 Å². The number of carbonyl (C=O) groups excluding carboxylic acids is 1. The summed E-state index contributed by atoms with van der Waals surface area (Å²) >= 11 is 0. The molecule has 3 aromatic carbocycles. The van der Waals surface area contributed by atoms with Gasteiger partial charge in [0.1, 0.15) is 5.82 Å². The lowest BCUT2D eigenvalue weighted by atomic mass is 10.1. The second-order valence-electron chi connectivity index (χ2n) is 7.44. The van der Waals surface area contributed by atoms with Crippen molar-refractivity contribution in [3.05, 3.63) is 89.2 Å². The Morgan fingerprint density at radius 2 is 1.75 bits per heavy atom. The van der Waals surface area contributed by atoms with E-state index < -0.39 is 0 Å². The van der Waals surface area contributed by atoms with Gasteiger partial charge in [0.05, 0.1) is 19.9 Å². The fraction of sp³-hybridized carbons (Fsp3) is 0.120. The van der Waals surface area contributed by atoms with Gasteiger partial charge in [0.15, 0.2) is 17.3 Å². The van der Waals surface area contributed by atoms with Gasteiger partial charge in [-0.2, -0.15) is 4.68 Å². The van der Waals surface area contributed by atoms with E-state index in [4.69, 9.17) is 9.47 Å². The molecule has 1 aromatic heterocycles. The van der Waals surface area contributed by atoms with Crippen molar-refractivity contribution < 1.29 is 18.7 Å². The minimum atomic E-state index is -0.357. The average molecular weight is 429 g/mol. The Balaban J connectivity index is 1.67. The van der Waals surface area contributed by atoms with E-state index >= 15 is 0 Å². The molecule has 160 valence electrons. The standard InChI is InChI=1S/C25H20FN3O3/c1-31-21-12-16-11-20-23(19(16)14-22(21)32-2)29(25(30)15-7-4-3-5-8-15)28-24(20)27-18-10-6-9-17(26)13-18/h3-10,12-14H,11H2,1-2H3,(H,27,28). The molecule has 0 radical (unpaired) electrons. The van der Waals surface area contributed by atoms with Crippen LogP contribution in [0.2, 0.25) is 0 Å². The van der Waals surface area contributed by atoms with Crippen molar-refractivity contribution in [1.82, 2.24) is 9.78 Å². The molecule has 0 saturated carbocycles. The van der Waals surface area contributed by atoms with Gasteiger partial charge in [-0.25, -0.2) is 4.39 Å². The number of ether oxygens (including phenoxy) is 2. The summed E-state index contributed by atoms with van der Waals surface area (Å²) in [6.07, 6.45) is 0.546. The summed E-state index contributed by atoms with van der Waals surface area (Å²) in [5.41, 5.74) is 4.45. The van der Waals surface area contributed by atoms with E-state index in [-0.39, 0.29) is 11.7 Å². The van der Waals surface area contributed by atoms with Crippen LogP contribution in [0, 0.1) is 5.82 Å². The van der Waals surface area contributed by atoms with Crippen molar-refractivity contribution in [2.24, 2.45) is 0 Å². The Morgan fingerprint density at radius 1 is 1.00 bits per heavy atom. The lowest BCUT2D eigenvalue weighted by Gasteiger charge is -2.12. The van der Waals surface area contributed by atoms with Crippen LogP contribution in [0.15, 0.2) is 66.7 Å². The fourth-order valence-electron chi connectivity index (χ4n) is 4.03. The molecular formula is C25H20FN3O3. The van der Waals surface area contributed by atoms with E-state index in [1.54, 1.807) is 38.5 Å². The largest absolute Gasteiger partial charge is 0.493 e. The van der Waals surface area contributed by atoms with E-state index in [1.807, 2.05) is 30.3 Å². The zero-order valence-corrected chi connectivity index (χ0v) is 17.6. The summed E-state index contributed by atoms with van der Waals surface area (Å²) in [5, 5.41) is 7.77. The van der Waals surface area contributed by atoms with Gasteiger partial charge in [0, 0.05) is 28.8 Å². The first-order valence-corrected chi connectivity index (χ1v) is 10.1. The Morgan fingerprint density at radius 3 is 2.47 bits per heavy atom. The van der Waals surface area contributed by atoms with Crippen LogP contribution in [0.5, 0.6) is 11.5 Å². The molecule has 1 aliphatic rings. The van der Waals surface area contributed by atoms with E-state index in [0.29, 0.717) is 40.7 Å². The third-order valence-electron chi connectivity index (χ3n) is 5.52. The maximum Gasteiger partial charge on any atom is 0.278 e. The maximum atomic E-state index is 13.7. The number of halogens is 1. The fourth-order valence-corrected chi connectivity index (χ4v) is 4.03. The van der Waals surface area contributed by atoms with Gasteiger partial charge in [-0.3, -0.25) is 4.79 Å². The third-order valence-corrected chi connectivity index (χ3v) is 5.52. The number of carbonyl (C=O) groups is 1. The van der Waals surface area contributed by atoms with Gasteiger partial charge >= 0.3 is 0 Å². The van der Waals surface area contributed by atoms with Gasteiger partial charge in [-0.05, 0) is 48.0 Å². The van der Waals surface area contributed by atoms with Crippen LogP contribution in [0.25, 0.3) is 11.3 Å². The Bertz CT molecular complexity index is 1330. The molecule has 0 unspecified atom stereocenters. The highest BCUT2D eigenvalue weighted by atomic mass is 19.1. The Kier molecular flexibility index (Phi) is 4.86. The first-order chi connectivity index (χ1) is 15.6. The van der Waals surface area contributed by atoms with Gasteiger partial charge < -0.3 is 14.8 Å². The number of methoxy groups -OCH3 is 2. The van der Waals surface area contributed by atoms with Crippen LogP contribution in [-0.4, -0.2) is 29.9 Å². The van der Waals surface area contributed by atoms with Crippen molar-refractivity contribution in [1.29, 1.82) is 0 Å². The molecular weight excluding hydrogens is 409 g/mol. The lowest BCUT2D eigenvalue weighted by molar-refractivity contribution is 0.0947. The number of hydrogen-bond acceptors (Lipinski definition) is 5. The Labute approximate surface area is 184 Å². The summed E-state index contributed by atoms with van der Waals surface area (Å²) in [4.78, 5) is 13.4. The molecule has 0 atom stereocenters. The number of fused-ring (bicyclic) bond motifs is 3. The molecule has 0 saturated heterocycles. The summed E-state index contributed by atoms with van der Waals surface area (Å²) in [6, 6.07) is 18.9. The van der Waals surface area contributed by atoms with Crippen LogP contribution in [0.4, 0.5) is 15.9 Å². The van der Waals surface area contributed by atoms with E-state index in [2.05, 4.69) is 10.4 Å². The first kappa shape index (κ1) is 19.8. The predicted molar refractivity (Wildman–Crippen MR) is 119 cm³/mol. The smallest absolute Gasteiger partial charge is 0.278 e. The van der Waals surface area contributed by atoms with Crippen molar-refractivity contribution in [3.8, 4) is 22.8 Å². The normalized spacial score (nSPS) is 11.6. The number of hydrogen-bond donors (Lipinski definition) is 1. The van der Waals surface area contributed by atoms with E-state index in [9.17, 15) is 9.18 Å². The number of nitrogens with one attached hydrogen (secondary N) is 1. The molecule has 0 amide bonds. The molecule has 0 aliphatic heterocycles. The molecule has 7 heteroatoms. The third kappa shape index (κ3) is 3.28. The van der Waals surface area contributed by atoms with Gasteiger partial charge in [-0.1, -0.05) is 24.3 Å². The number of nitrogens with zero attached hydrogens (tertiary/aromatic N) is 2. The van der Waals surface area contributed by atoms with Crippen LogP contribution in [0.3, 0.4) is 0 Å². The highest BCUT2D eigenvalue weighted by molar-refractivity contribution is 6.00. The van der Waals surface area contributed by atoms with Crippen LogP contribution in [-0.2, 0) is 6.42 Å². The number of anilines is 2. The second kappa shape index (κ2) is 7.85. The van der Waals surface area contributed by atoms with Crippen LogP contribution in [0.1, 0.15) is 21.5 Å². The molecule has 0 bridgehead atoms. The quantitative estimate of drug-likeness (QED) is 0.424. The van der Waals surface area contributed by atoms with Crippen molar-refractivity contribution in [2.75, 3.05) is 19.5 Å². The number of rotatable bonds is 5. The summed E-state index contributed by atoms with van der Waals surface area (Å²) < 4.78 is 26.1. The second-order valence-corrected chi connectivity index (χ2v) is 7.44. The minimum Gasteiger partial charge on any atom is -0.493 e. The monoisotopic (exact) mass is 429 g/mol. The summed E-state index contributed by atoms with van der Waals surface area (Å²) in [6.45, 7) is 0. The maximum absolute atomic E-state index is 13.7. The van der Waals surface area contributed by atoms with Gasteiger partial charge in [0.2, 0.25) is 0 Å². The molecule has 4 aromatic rings. The topological polar surface area (TPSA) is 65.4 Å². The SMILES string of the molecule is COc1cc2c(cc1OC)-c1c(c(Nc3cccc(F)c3)nn1C(=O)c1ccccc1)C2. The highest BCUT2D eigenvalue weighted by Crippen LogP contribution is 2.45. The summed E-state index contributed by atoms with van der Waals surface area (Å²) in [7, 11) is 3.16. The van der Waals surface area contributed by atoms with E-state index in [1.165, 1.54) is 16.8 Å². The molecule has 0 spiro atoms. The van der Waals surface area contributed by atoms with Gasteiger partial charge in [0.25, 0.3) is 5.91 Å². The lowest BCUT2D eigenvalue weighted by Crippen LogP contribution is -2.15. The molecule has 5 rings (SSSR count).